The zero-order chi connectivity index (χ0) is 22.8. The van der Waals surface area contributed by atoms with Crippen molar-refractivity contribution in [2.75, 3.05) is 0 Å². The van der Waals surface area contributed by atoms with E-state index in [0.717, 1.165) is 17.7 Å². The van der Waals surface area contributed by atoms with Crippen molar-refractivity contribution in [2.45, 2.75) is 57.0 Å². The first-order chi connectivity index (χ1) is 15.2. The fourth-order valence-corrected chi connectivity index (χ4v) is 5.31. The molecule has 1 aromatic rings. The highest BCUT2D eigenvalue weighted by atomic mass is 16.5. The lowest BCUT2D eigenvalue weighted by Crippen LogP contribution is -2.49. The molecular weight excluding hydrogens is 416 g/mol. The quantitative estimate of drug-likeness (QED) is 0.433. The van der Waals surface area contributed by atoms with Crippen molar-refractivity contribution >= 4 is 29.7 Å². The van der Waals surface area contributed by atoms with Crippen LogP contribution in [0.3, 0.4) is 0 Å². The van der Waals surface area contributed by atoms with Gasteiger partial charge in [-0.25, -0.2) is 4.79 Å². The number of rotatable bonds is 5. The third kappa shape index (κ3) is 2.93. The average Bonchev–Trinajstić information content (AvgIpc) is 3.50. The predicted molar refractivity (Wildman–Crippen MR) is 109 cm³/mol. The van der Waals surface area contributed by atoms with Crippen molar-refractivity contribution in [3.63, 3.8) is 0 Å². The Morgan fingerprint density at radius 3 is 2.44 bits per heavy atom. The molecule has 168 valence electrons. The summed E-state index contributed by atoms with van der Waals surface area (Å²) in [5.41, 5.74) is 0.0901. The topological polar surface area (TPSA) is 134 Å². The SMILES string of the molecule is CC(C(=O)NCc1cccc(C2(C)NC(=O)NC2=O)c1)N1C(=O)C2C3CCC(O3)C2C1=O. The zero-order valence-corrected chi connectivity index (χ0v) is 17.7. The molecule has 4 saturated heterocycles. The highest BCUT2D eigenvalue weighted by molar-refractivity contribution is 6.09. The fourth-order valence-electron chi connectivity index (χ4n) is 5.31. The number of fused-ring (bicyclic) bond motifs is 5. The maximum atomic E-state index is 12.9. The second-order valence-corrected chi connectivity index (χ2v) is 9.02. The van der Waals surface area contributed by atoms with E-state index < -0.39 is 41.3 Å². The maximum absolute atomic E-state index is 12.9. The second-order valence-electron chi connectivity index (χ2n) is 9.02. The number of carbonyl (C=O) groups excluding carboxylic acids is 5. The Morgan fingerprint density at radius 1 is 1.19 bits per heavy atom. The van der Waals surface area contributed by atoms with E-state index in [0.29, 0.717) is 11.1 Å². The lowest BCUT2D eigenvalue weighted by molar-refractivity contribution is -0.149. The number of amides is 6. The molecule has 4 heterocycles. The third-order valence-electron chi connectivity index (χ3n) is 7.10. The van der Waals surface area contributed by atoms with Gasteiger partial charge in [-0.1, -0.05) is 24.3 Å². The van der Waals surface area contributed by atoms with E-state index in [1.54, 1.807) is 38.1 Å². The first-order valence-electron chi connectivity index (χ1n) is 10.7. The molecule has 4 aliphatic heterocycles. The number of hydrogen-bond donors (Lipinski definition) is 3. The van der Waals surface area contributed by atoms with Crippen LogP contribution in [0.25, 0.3) is 0 Å². The molecule has 10 heteroatoms. The summed E-state index contributed by atoms with van der Waals surface area (Å²) in [5.74, 6) is -2.49. The van der Waals surface area contributed by atoms with Crippen LogP contribution in [0, 0.1) is 11.8 Å². The van der Waals surface area contributed by atoms with Crippen molar-refractivity contribution in [3.8, 4) is 0 Å². The van der Waals surface area contributed by atoms with Crippen LogP contribution in [-0.2, 0) is 36.0 Å². The molecule has 6 amide bonds. The molecule has 0 spiro atoms. The lowest BCUT2D eigenvalue weighted by Gasteiger charge is -2.24. The average molecular weight is 440 g/mol. The van der Waals surface area contributed by atoms with Gasteiger partial charge in [0.15, 0.2) is 0 Å². The number of benzene rings is 1. The van der Waals surface area contributed by atoms with Gasteiger partial charge in [0.1, 0.15) is 11.6 Å². The predicted octanol–water partition coefficient (Wildman–Crippen LogP) is -0.0917. The summed E-state index contributed by atoms with van der Waals surface area (Å²) in [6.07, 6.45) is 1.10. The number of ether oxygens (including phenoxy) is 1. The van der Waals surface area contributed by atoms with Crippen LogP contribution in [0.4, 0.5) is 4.79 Å². The molecule has 10 nitrogen and oxygen atoms in total. The summed E-state index contributed by atoms with van der Waals surface area (Å²) in [4.78, 5) is 63.3. The Kier molecular flexibility index (Phi) is 4.59. The standard InChI is InChI=1S/C22H24N4O6/c1-10(26-18(28)15-13-6-7-14(32-13)16(15)19(26)29)17(27)23-9-11-4-3-5-12(8-11)22(2)20(30)24-21(31)25-22/h3-5,8,10,13-16H,6-7,9H2,1-2H3,(H,23,27)(H2,24,25,30,31). The van der Waals surface area contributed by atoms with Gasteiger partial charge in [0.05, 0.1) is 24.0 Å². The number of imide groups is 2. The fraction of sp³-hybridized carbons (Fsp3) is 0.500. The zero-order valence-electron chi connectivity index (χ0n) is 17.7. The number of urea groups is 1. The molecule has 0 saturated carbocycles. The van der Waals surface area contributed by atoms with E-state index in [2.05, 4.69) is 16.0 Å². The summed E-state index contributed by atoms with van der Waals surface area (Å²) in [6.45, 7) is 3.29. The molecule has 6 unspecified atom stereocenters. The molecule has 3 N–H and O–H groups in total. The van der Waals surface area contributed by atoms with Crippen LogP contribution in [-0.4, -0.2) is 52.8 Å². The van der Waals surface area contributed by atoms with Gasteiger partial charge < -0.3 is 15.4 Å². The van der Waals surface area contributed by atoms with E-state index in [1.165, 1.54) is 0 Å². The van der Waals surface area contributed by atoms with Crippen molar-refractivity contribution < 1.29 is 28.7 Å². The first kappa shape index (κ1) is 20.6. The number of nitrogens with zero attached hydrogens (tertiary/aromatic N) is 1. The molecule has 4 fully saturated rings. The third-order valence-corrected chi connectivity index (χ3v) is 7.10. The molecule has 32 heavy (non-hydrogen) atoms. The van der Waals surface area contributed by atoms with E-state index in [1.807, 2.05) is 0 Å². The van der Waals surface area contributed by atoms with E-state index in [-0.39, 0.29) is 30.6 Å². The van der Waals surface area contributed by atoms with Gasteiger partial charge in [0, 0.05) is 6.54 Å². The molecular formula is C22H24N4O6. The Balaban J connectivity index is 1.26. The lowest BCUT2D eigenvalue weighted by atomic mass is 9.81. The monoisotopic (exact) mass is 440 g/mol. The molecule has 1 aromatic carbocycles. The van der Waals surface area contributed by atoms with Crippen LogP contribution >= 0.6 is 0 Å². The summed E-state index contributed by atoms with van der Waals surface area (Å²) >= 11 is 0. The Labute approximate surface area is 184 Å². The Bertz CT molecular complexity index is 1030. The Morgan fingerprint density at radius 2 is 1.84 bits per heavy atom. The smallest absolute Gasteiger partial charge is 0.322 e. The van der Waals surface area contributed by atoms with Crippen LogP contribution in [0.2, 0.25) is 0 Å². The summed E-state index contributed by atoms with van der Waals surface area (Å²) in [7, 11) is 0. The largest absolute Gasteiger partial charge is 0.373 e. The maximum Gasteiger partial charge on any atom is 0.322 e. The first-order valence-corrected chi connectivity index (χ1v) is 10.7. The summed E-state index contributed by atoms with van der Waals surface area (Å²) < 4.78 is 5.73. The van der Waals surface area contributed by atoms with Crippen molar-refractivity contribution in [1.82, 2.24) is 20.9 Å². The van der Waals surface area contributed by atoms with Gasteiger partial charge in [-0.3, -0.25) is 29.4 Å². The summed E-state index contributed by atoms with van der Waals surface area (Å²) in [6, 6.07) is 5.46. The summed E-state index contributed by atoms with van der Waals surface area (Å²) in [5, 5.41) is 7.59. The molecule has 6 atom stereocenters. The van der Waals surface area contributed by atoms with Crippen molar-refractivity contribution in [2.24, 2.45) is 11.8 Å². The molecule has 5 rings (SSSR count). The van der Waals surface area contributed by atoms with Gasteiger partial charge in [0.2, 0.25) is 17.7 Å². The number of carbonyl (C=O) groups is 5. The van der Waals surface area contributed by atoms with Crippen LogP contribution in [0.5, 0.6) is 0 Å². The van der Waals surface area contributed by atoms with E-state index >= 15 is 0 Å². The van der Waals surface area contributed by atoms with Crippen LogP contribution < -0.4 is 16.0 Å². The molecule has 0 radical (unpaired) electrons. The molecule has 4 aliphatic rings. The minimum Gasteiger partial charge on any atom is -0.373 e. The van der Waals surface area contributed by atoms with Crippen LogP contribution in [0.15, 0.2) is 24.3 Å². The van der Waals surface area contributed by atoms with Gasteiger partial charge in [-0.05, 0) is 37.8 Å². The highest BCUT2D eigenvalue weighted by Crippen LogP contribution is 2.48. The van der Waals surface area contributed by atoms with Crippen LogP contribution in [0.1, 0.15) is 37.8 Å². The van der Waals surface area contributed by atoms with Gasteiger partial charge in [-0.15, -0.1) is 0 Å². The van der Waals surface area contributed by atoms with E-state index in [9.17, 15) is 24.0 Å². The number of nitrogens with one attached hydrogen (secondary N) is 3. The Hall–Kier alpha value is -3.27. The second kappa shape index (κ2) is 7.13. The molecule has 0 aromatic heterocycles. The minimum atomic E-state index is -1.20. The molecule has 0 aliphatic carbocycles. The van der Waals surface area contributed by atoms with Gasteiger partial charge >= 0.3 is 6.03 Å². The number of likely N-dealkylation sites (tertiary alicyclic amines) is 1. The highest BCUT2D eigenvalue weighted by Gasteiger charge is 2.63. The van der Waals surface area contributed by atoms with Crippen molar-refractivity contribution in [1.29, 1.82) is 0 Å². The number of hydrogen-bond acceptors (Lipinski definition) is 6. The minimum absolute atomic E-state index is 0.139. The van der Waals surface area contributed by atoms with E-state index in [4.69, 9.17) is 4.74 Å². The molecule has 2 bridgehead atoms. The van der Waals surface area contributed by atoms with Gasteiger partial charge in [-0.2, -0.15) is 0 Å². The normalized spacial score (nSPS) is 33.9. The van der Waals surface area contributed by atoms with Gasteiger partial charge in [0.25, 0.3) is 5.91 Å². The van der Waals surface area contributed by atoms with Crippen molar-refractivity contribution in [3.05, 3.63) is 35.4 Å².